The van der Waals surface area contributed by atoms with E-state index in [1.54, 1.807) is 12.0 Å². The van der Waals surface area contributed by atoms with E-state index in [0.29, 0.717) is 17.9 Å². The highest BCUT2D eigenvalue weighted by Gasteiger charge is 2.13. The molecule has 1 N–H and O–H groups in total. The van der Waals surface area contributed by atoms with Crippen molar-refractivity contribution in [1.82, 2.24) is 14.5 Å². The number of H-pyrrole nitrogens is 1. The maximum absolute atomic E-state index is 12.2. The Balaban J connectivity index is 2.37. The lowest BCUT2D eigenvalue weighted by molar-refractivity contribution is -0.131. The number of rotatable bonds is 5. The van der Waals surface area contributed by atoms with Gasteiger partial charge in [-0.25, -0.2) is 0 Å². The SMILES string of the molecule is CCN(CC)C(=O)Cn1c(=S)[nH]c2cc(OC)ccc21. The molecule has 2 aromatic rings. The summed E-state index contributed by atoms with van der Waals surface area (Å²) in [6.07, 6.45) is 0. The van der Waals surface area contributed by atoms with Crippen molar-refractivity contribution in [3.8, 4) is 5.75 Å². The minimum Gasteiger partial charge on any atom is -0.497 e. The van der Waals surface area contributed by atoms with E-state index >= 15 is 0 Å². The predicted octanol–water partition coefficient (Wildman–Crippen LogP) is 2.58. The molecule has 0 aliphatic carbocycles. The van der Waals surface area contributed by atoms with Crippen LogP contribution in [0.4, 0.5) is 0 Å². The van der Waals surface area contributed by atoms with Crippen LogP contribution < -0.4 is 4.74 Å². The Morgan fingerprint density at radius 1 is 1.40 bits per heavy atom. The van der Waals surface area contributed by atoms with Crippen LogP contribution >= 0.6 is 12.2 Å². The molecule has 1 aromatic carbocycles. The zero-order chi connectivity index (χ0) is 14.7. The second kappa shape index (κ2) is 6.09. The topological polar surface area (TPSA) is 50.3 Å². The fourth-order valence-electron chi connectivity index (χ4n) is 2.24. The number of imidazole rings is 1. The Bertz CT molecular complexity index is 671. The Kier molecular flexibility index (Phi) is 4.44. The number of hydrogen-bond acceptors (Lipinski definition) is 3. The van der Waals surface area contributed by atoms with Crippen LogP contribution in [0.2, 0.25) is 0 Å². The third kappa shape index (κ3) is 2.70. The number of carbonyl (C=O) groups excluding carboxylic acids is 1. The van der Waals surface area contributed by atoms with E-state index in [1.807, 2.05) is 36.6 Å². The van der Waals surface area contributed by atoms with Gasteiger partial charge in [-0.3, -0.25) is 4.79 Å². The van der Waals surface area contributed by atoms with Crippen LogP contribution in [0.1, 0.15) is 13.8 Å². The third-order valence-electron chi connectivity index (χ3n) is 3.39. The van der Waals surface area contributed by atoms with Gasteiger partial charge in [0.1, 0.15) is 12.3 Å². The summed E-state index contributed by atoms with van der Waals surface area (Å²) in [4.78, 5) is 17.1. The first-order valence-corrected chi connectivity index (χ1v) is 7.05. The summed E-state index contributed by atoms with van der Waals surface area (Å²) < 4.78 is 7.56. The highest BCUT2D eigenvalue weighted by molar-refractivity contribution is 7.71. The number of carbonyl (C=O) groups is 1. The summed E-state index contributed by atoms with van der Waals surface area (Å²) >= 11 is 5.31. The van der Waals surface area contributed by atoms with Crippen LogP contribution in [-0.2, 0) is 11.3 Å². The first-order valence-electron chi connectivity index (χ1n) is 6.65. The summed E-state index contributed by atoms with van der Waals surface area (Å²) in [6.45, 7) is 5.62. The zero-order valence-electron chi connectivity index (χ0n) is 12.0. The highest BCUT2D eigenvalue weighted by Crippen LogP contribution is 2.20. The average Bonchev–Trinajstić information content (AvgIpc) is 2.75. The van der Waals surface area contributed by atoms with Crippen LogP contribution in [0.3, 0.4) is 0 Å². The van der Waals surface area contributed by atoms with E-state index in [0.717, 1.165) is 16.8 Å². The number of ether oxygens (including phenoxy) is 1. The number of nitrogens with one attached hydrogen (secondary N) is 1. The van der Waals surface area contributed by atoms with E-state index in [2.05, 4.69) is 4.98 Å². The molecular weight excluding hydrogens is 274 g/mol. The molecule has 0 aliphatic rings. The van der Waals surface area contributed by atoms with Gasteiger partial charge in [0.05, 0.1) is 18.1 Å². The molecule has 2 rings (SSSR count). The van der Waals surface area contributed by atoms with Gasteiger partial charge in [-0.1, -0.05) is 0 Å². The van der Waals surface area contributed by atoms with Crippen molar-refractivity contribution in [2.24, 2.45) is 0 Å². The molecule has 20 heavy (non-hydrogen) atoms. The lowest BCUT2D eigenvalue weighted by atomic mass is 10.3. The zero-order valence-corrected chi connectivity index (χ0v) is 12.8. The fourth-order valence-corrected chi connectivity index (χ4v) is 2.51. The molecule has 108 valence electrons. The number of amides is 1. The van der Waals surface area contributed by atoms with Crippen LogP contribution in [0, 0.1) is 4.77 Å². The van der Waals surface area contributed by atoms with Crippen molar-refractivity contribution in [3.05, 3.63) is 23.0 Å². The summed E-state index contributed by atoms with van der Waals surface area (Å²) in [6, 6.07) is 5.66. The Hall–Kier alpha value is -1.82. The van der Waals surface area contributed by atoms with Crippen molar-refractivity contribution >= 4 is 29.2 Å². The Labute approximate surface area is 123 Å². The molecule has 0 fully saturated rings. The van der Waals surface area contributed by atoms with E-state index in [-0.39, 0.29) is 12.5 Å². The molecule has 5 nitrogen and oxygen atoms in total. The van der Waals surface area contributed by atoms with Crippen molar-refractivity contribution in [1.29, 1.82) is 0 Å². The molecular formula is C14H19N3O2S. The minimum absolute atomic E-state index is 0.0721. The smallest absolute Gasteiger partial charge is 0.242 e. The van der Waals surface area contributed by atoms with Gasteiger partial charge in [0.2, 0.25) is 5.91 Å². The van der Waals surface area contributed by atoms with Crippen molar-refractivity contribution in [2.45, 2.75) is 20.4 Å². The highest BCUT2D eigenvalue weighted by atomic mass is 32.1. The van der Waals surface area contributed by atoms with Gasteiger partial charge in [-0.05, 0) is 38.2 Å². The minimum atomic E-state index is 0.0721. The molecule has 0 spiro atoms. The van der Waals surface area contributed by atoms with Gasteiger partial charge in [-0.15, -0.1) is 0 Å². The summed E-state index contributed by atoms with van der Waals surface area (Å²) in [5.74, 6) is 0.832. The van der Waals surface area contributed by atoms with Crippen LogP contribution in [0.25, 0.3) is 11.0 Å². The molecule has 0 saturated carbocycles. The number of benzene rings is 1. The Morgan fingerprint density at radius 3 is 2.70 bits per heavy atom. The molecule has 1 aromatic heterocycles. The Morgan fingerprint density at radius 2 is 2.10 bits per heavy atom. The normalized spacial score (nSPS) is 10.8. The molecule has 0 atom stereocenters. The maximum Gasteiger partial charge on any atom is 0.242 e. The van der Waals surface area contributed by atoms with Gasteiger partial charge in [0.15, 0.2) is 4.77 Å². The fraction of sp³-hybridized carbons (Fsp3) is 0.429. The first kappa shape index (κ1) is 14.6. The molecule has 0 radical (unpaired) electrons. The second-order valence-electron chi connectivity index (χ2n) is 4.47. The number of aromatic nitrogens is 2. The molecule has 6 heteroatoms. The maximum atomic E-state index is 12.2. The standard InChI is InChI=1S/C14H19N3O2S/c1-4-16(5-2)13(18)9-17-12-7-6-10(19-3)8-11(12)15-14(17)20/h6-8H,4-5,9H2,1-3H3,(H,15,20). The number of fused-ring (bicyclic) bond motifs is 1. The lowest BCUT2D eigenvalue weighted by Crippen LogP contribution is -2.33. The summed E-state index contributed by atoms with van der Waals surface area (Å²) in [7, 11) is 1.62. The van der Waals surface area contributed by atoms with Gasteiger partial charge in [-0.2, -0.15) is 0 Å². The first-order chi connectivity index (χ1) is 9.60. The van der Waals surface area contributed by atoms with E-state index < -0.39 is 0 Å². The number of nitrogens with zero attached hydrogens (tertiary/aromatic N) is 2. The second-order valence-corrected chi connectivity index (χ2v) is 4.85. The molecule has 1 amide bonds. The average molecular weight is 293 g/mol. The monoisotopic (exact) mass is 293 g/mol. The third-order valence-corrected chi connectivity index (χ3v) is 3.71. The number of aromatic amines is 1. The van der Waals surface area contributed by atoms with Crippen molar-refractivity contribution in [3.63, 3.8) is 0 Å². The van der Waals surface area contributed by atoms with Crippen molar-refractivity contribution < 1.29 is 9.53 Å². The van der Waals surface area contributed by atoms with E-state index in [1.165, 1.54) is 0 Å². The molecule has 0 unspecified atom stereocenters. The van der Waals surface area contributed by atoms with Gasteiger partial charge in [0, 0.05) is 19.2 Å². The molecule has 0 bridgehead atoms. The summed E-state index contributed by atoms with van der Waals surface area (Å²) in [5.41, 5.74) is 1.79. The molecule has 0 aliphatic heterocycles. The van der Waals surface area contributed by atoms with Crippen molar-refractivity contribution in [2.75, 3.05) is 20.2 Å². The quantitative estimate of drug-likeness (QED) is 0.862. The lowest BCUT2D eigenvalue weighted by Gasteiger charge is -2.19. The number of methoxy groups -OCH3 is 1. The van der Waals surface area contributed by atoms with Crippen LogP contribution in [0.5, 0.6) is 5.75 Å². The van der Waals surface area contributed by atoms with Gasteiger partial charge in [0.25, 0.3) is 0 Å². The largest absolute Gasteiger partial charge is 0.497 e. The van der Waals surface area contributed by atoms with Crippen LogP contribution in [0.15, 0.2) is 18.2 Å². The molecule has 0 saturated heterocycles. The van der Waals surface area contributed by atoms with Crippen LogP contribution in [-0.4, -0.2) is 40.6 Å². The van der Waals surface area contributed by atoms with E-state index in [4.69, 9.17) is 17.0 Å². The number of likely N-dealkylation sites (N-methyl/N-ethyl adjacent to an activating group) is 1. The molecule has 1 heterocycles. The van der Waals surface area contributed by atoms with Gasteiger partial charge < -0.3 is 19.2 Å². The van der Waals surface area contributed by atoms with Gasteiger partial charge >= 0.3 is 0 Å². The van der Waals surface area contributed by atoms with E-state index in [9.17, 15) is 4.79 Å². The summed E-state index contributed by atoms with van der Waals surface area (Å²) in [5, 5.41) is 0. The number of hydrogen-bond donors (Lipinski definition) is 1. The predicted molar refractivity (Wildman–Crippen MR) is 81.6 cm³/mol.